The van der Waals surface area contributed by atoms with Gasteiger partial charge in [0.1, 0.15) is 29.6 Å². The van der Waals surface area contributed by atoms with Crippen LogP contribution < -0.4 is 16.0 Å². The van der Waals surface area contributed by atoms with Crippen molar-refractivity contribution in [3.05, 3.63) is 47.5 Å². The third-order valence-electron chi connectivity index (χ3n) is 13.1. The Morgan fingerprint density at radius 3 is 1.88 bits per heavy atom. The molecule has 2 aromatic rings. The second-order valence-electron chi connectivity index (χ2n) is 18.6. The molecule has 15 nitrogen and oxygen atoms in total. The number of benzene rings is 2. The van der Waals surface area contributed by atoms with Crippen molar-refractivity contribution in [1.29, 1.82) is 0 Å². The van der Waals surface area contributed by atoms with E-state index in [-0.39, 0.29) is 72.2 Å². The van der Waals surface area contributed by atoms with Crippen LogP contribution in [0.4, 0.5) is 0 Å². The molecule has 4 bridgehead atoms. The second kappa shape index (κ2) is 28.8. The molecule has 372 valence electrons. The van der Waals surface area contributed by atoms with Gasteiger partial charge in [-0.2, -0.15) is 0 Å². The molecule has 0 radical (unpaired) electrons. The van der Waals surface area contributed by atoms with E-state index in [0.717, 1.165) is 19.3 Å². The Balaban J connectivity index is 1.64. The fourth-order valence-electron chi connectivity index (χ4n) is 8.38. The number of nitrogens with zero attached hydrogens (tertiary/aromatic N) is 2. The van der Waals surface area contributed by atoms with Crippen LogP contribution in [0.25, 0.3) is 11.1 Å². The van der Waals surface area contributed by atoms with E-state index in [4.69, 9.17) is 0 Å². The van der Waals surface area contributed by atoms with E-state index in [2.05, 4.69) is 22.9 Å². The van der Waals surface area contributed by atoms with Crippen LogP contribution in [0.3, 0.4) is 0 Å². The summed E-state index contributed by atoms with van der Waals surface area (Å²) in [6.07, 6.45) is 15.2. The first-order valence-electron chi connectivity index (χ1n) is 24.7. The van der Waals surface area contributed by atoms with Crippen LogP contribution in [0.5, 0.6) is 11.5 Å². The number of ketones is 2. The highest BCUT2D eigenvalue weighted by Gasteiger charge is 2.34. The third-order valence-corrected chi connectivity index (χ3v) is 13.1. The number of phenols is 2. The Morgan fingerprint density at radius 2 is 1.30 bits per heavy atom. The van der Waals surface area contributed by atoms with E-state index in [0.29, 0.717) is 18.4 Å². The van der Waals surface area contributed by atoms with E-state index >= 15 is 0 Å². The smallest absolute Gasteiger partial charge is 0.245 e. The lowest BCUT2D eigenvalue weighted by Crippen LogP contribution is -2.53. The summed E-state index contributed by atoms with van der Waals surface area (Å²) in [6, 6.07) is 4.16. The van der Waals surface area contributed by atoms with Gasteiger partial charge in [0.25, 0.3) is 0 Å². The summed E-state index contributed by atoms with van der Waals surface area (Å²) in [5, 5.41) is 40.4. The maximum absolute atomic E-state index is 14.2. The van der Waals surface area contributed by atoms with E-state index in [1.54, 1.807) is 19.1 Å². The van der Waals surface area contributed by atoms with E-state index in [1.165, 1.54) is 113 Å². The van der Waals surface area contributed by atoms with Gasteiger partial charge in [-0.15, -0.1) is 0 Å². The van der Waals surface area contributed by atoms with Gasteiger partial charge < -0.3 is 41.1 Å². The molecule has 1 heterocycles. The van der Waals surface area contributed by atoms with Crippen LogP contribution in [0.15, 0.2) is 36.4 Å². The number of fused-ring (bicyclic) bond motifs is 5. The molecule has 6 atom stereocenters. The Hall–Kier alpha value is -5.31. The highest BCUT2D eigenvalue weighted by Crippen LogP contribution is 2.39. The predicted octanol–water partition coefficient (Wildman–Crippen LogP) is 6.97. The van der Waals surface area contributed by atoms with Crippen LogP contribution in [-0.2, 0) is 40.0 Å². The van der Waals surface area contributed by atoms with Crippen LogP contribution in [0, 0.1) is 5.92 Å². The molecule has 3 rings (SSSR count). The molecule has 0 unspecified atom stereocenters. The highest BCUT2D eigenvalue weighted by atomic mass is 16.3. The third kappa shape index (κ3) is 17.7. The van der Waals surface area contributed by atoms with Crippen molar-refractivity contribution < 1.29 is 48.9 Å². The molecule has 0 saturated heterocycles. The Kier molecular flexibility index (Phi) is 24.1. The summed E-state index contributed by atoms with van der Waals surface area (Å²) in [4.78, 5) is 97.0. The van der Waals surface area contributed by atoms with Gasteiger partial charge in [0.05, 0.1) is 12.6 Å². The topological polar surface area (TPSA) is 223 Å². The molecule has 5 amide bonds. The van der Waals surface area contributed by atoms with Crippen LogP contribution >= 0.6 is 0 Å². The molecule has 0 saturated carbocycles. The zero-order valence-corrected chi connectivity index (χ0v) is 41.2. The van der Waals surface area contributed by atoms with Gasteiger partial charge in [-0.25, -0.2) is 0 Å². The minimum atomic E-state index is -1.29. The first-order chi connectivity index (χ1) is 31.9. The van der Waals surface area contributed by atoms with Crippen molar-refractivity contribution in [3.63, 3.8) is 0 Å². The number of carbonyl (C=O) groups is 7. The van der Waals surface area contributed by atoms with Gasteiger partial charge in [0.15, 0.2) is 11.6 Å². The van der Waals surface area contributed by atoms with Gasteiger partial charge in [0, 0.05) is 69.3 Å². The fourth-order valence-corrected chi connectivity index (χ4v) is 8.38. The number of hydrogen-bond acceptors (Lipinski definition) is 10. The van der Waals surface area contributed by atoms with E-state index < -0.39 is 71.9 Å². The number of rotatable bonds is 26. The van der Waals surface area contributed by atoms with Crippen molar-refractivity contribution >= 4 is 41.1 Å². The largest absolute Gasteiger partial charge is 0.507 e. The number of likely N-dealkylation sites (N-methyl/N-ethyl adjacent to an activating group) is 2. The van der Waals surface area contributed by atoms with Crippen LogP contribution in [0.2, 0.25) is 0 Å². The zero-order valence-electron chi connectivity index (χ0n) is 41.2. The monoisotopic (exact) mass is 934 g/mol. The molecular formula is C52H79N5O10. The van der Waals surface area contributed by atoms with Gasteiger partial charge in [-0.3, -0.25) is 33.6 Å². The average molecular weight is 934 g/mol. The summed E-state index contributed by atoms with van der Waals surface area (Å²) in [7, 11) is 2.85. The number of Topliss-reactive ketones (excluding diaryl/α,β-unsaturated/α-hetero) is 2. The van der Waals surface area contributed by atoms with Crippen molar-refractivity contribution in [2.24, 2.45) is 5.92 Å². The van der Waals surface area contributed by atoms with E-state index in [1.807, 2.05) is 13.8 Å². The second-order valence-corrected chi connectivity index (χ2v) is 18.6. The van der Waals surface area contributed by atoms with Crippen LogP contribution in [-0.4, -0.2) is 111 Å². The zero-order chi connectivity index (χ0) is 49.6. The molecule has 0 aromatic heterocycles. The first-order valence-corrected chi connectivity index (χ1v) is 24.7. The van der Waals surface area contributed by atoms with Gasteiger partial charge >= 0.3 is 0 Å². The number of carbonyl (C=O) groups excluding carboxylic acids is 7. The maximum Gasteiger partial charge on any atom is 0.245 e. The average Bonchev–Trinajstić information content (AvgIpc) is 3.30. The Labute approximate surface area is 398 Å². The number of hydrogen-bond donors (Lipinski definition) is 6. The summed E-state index contributed by atoms with van der Waals surface area (Å²) in [6.45, 7) is 8.33. The van der Waals surface area contributed by atoms with Crippen molar-refractivity contribution in [2.45, 2.75) is 187 Å². The minimum absolute atomic E-state index is 0.0571. The number of nitrogens with one attached hydrogen (secondary N) is 3. The van der Waals surface area contributed by atoms with Crippen molar-refractivity contribution in [3.8, 4) is 22.6 Å². The summed E-state index contributed by atoms with van der Waals surface area (Å²) in [5.41, 5.74) is 1.22. The van der Waals surface area contributed by atoms with Gasteiger partial charge in [-0.1, -0.05) is 110 Å². The maximum atomic E-state index is 14.2. The van der Waals surface area contributed by atoms with Crippen LogP contribution in [0.1, 0.15) is 167 Å². The first kappa shape index (κ1) is 56.0. The molecule has 0 fully saturated rings. The lowest BCUT2D eigenvalue weighted by molar-refractivity contribution is -0.142. The normalized spacial score (nSPS) is 17.6. The molecule has 2 aromatic carbocycles. The molecule has 15 heteroatoms. The number of aromatic hydroxyl groups is 2. The standard InChI is InChI=1S/C52H79N5O10/c1-8-10-11-12-13-14-15-16-17-18-19-20-21-22-47(63)56(6)42(33-58)52(67)54-36(5)43(59)27-28-48(64)57(7)49-38-24-26-45(61)40(32-38)39-30-37(23-25-44(39)60)31-41(51(66)53-35(4)9-2)55-50(65)34(3)29-46(49)62/h23-26,30,32,34-36,41-42,49,58,60-61H,8-22,27-29,31,33H2,1-7H3,(H,53,66)(H,54,67)(H,55,65)/t34-,35-,36-,41+,42-,49+/m1/s1. The van der Waals surface area contributed by atoms with Gasteiger partial charge in [0.2, 0.25) is 29.5 Å². The fraction of sp³-hybridized carbons (Fsp3) is 0.635. The summed E-state index contributed by atoms with van der Waals surface area (Å²) < 4.78 is 0. The highest BCUT2D eigenvalue weighted by molar-refractivity contribution is 5.97. The number of aliphatic hydroxyl groups is 1. The molecule has 6 N–H and O–H groups in total. The number of unbranched alkanes of at least 4 members (excludes halogenated alkanes) is 12. The Bertz CT molecular complexity index is 1970. The molecule has 0 aliphatic carbocycles. The SMILES string of the molecule is CCCCCCCCCCCCCCCC(=O)N(C)[C@H](CO)C(=O)N[C@H](C)C(=O)CCC(=O)N(C)[C@@H]1C(=O)C[C@@H](C)C(=O)N[C@H](C(=O)N[C@H](C)CC)Cc2ccc(O)c(c2)-c2cc1ccc2O. The lowest BCUT2D eigenvalue weighted by Gasteiger charge is -2.30. The van der Waals surface area contributed by atoms with Crippen molar-refractivity contribution in [1.82, 2.24) is 25.8 Å². The molecule has 0 spiro atoms. The summed E-state index contributed by atoms with van der Waals surface area (Å²) >= 11 is 0. The Morgan fingerprint density at radius 1 is 0.731 bits per heavy atom. The minimum Gasteiger partial charge on any atom is -0.507 e. The summed E-state index contributed by atoms with van der Waals surface area (Å²) in [5.74, 6) is -4.93. The predicted molar refractivity (Wildman–Crippen MR) is 259 cm³/mol. The number of phenolic OH excluding ortho intramolecular Hbond substituents is 2. The molecule has 67 heavy (non-hydrogen) atoms. The molecular weight excluding hydrogens is 855 g/mol. The molecule has 1 aliphatic heterocycles. The molecule has 1 aliphatic rings. The quantitative estimate of drug-likeness (QED) is 0.0532. The lowest BCUT2D eigenvalue weighted by atomic mass is 9.89. The van der Waals surface area contributed by atoms with E-state index in [9.17, 15) is 48.9 Å². The van der Waals surface area contributed by atoms with Crippen molar-refractivity contribution in [2.75, 3.05) is 20.7 Å². The number of aliphatic hydroxyl groups excluding tert-OH is 1. The number of amides is 5. The van der Waals surface area contributed by atoms with Gasteiger partial charge in [-0.05, 0) is 62.1 Å².